The molecule has 2 rings (SSSR count). The van der Waals surface area contributed by atoms with Gasteiger partial charge in [0.25, 0.3) is 0 Å². The second-order valence-corrected chi connectivity index (χ2v) is 4.40. The largest absolute Gasteiger partial charge is 0.388 e. The quantitative estimate of drug-likeness (QED) is 0.854. The van der Waals surface area contributed by atoms with Crippen molar-refractivity contribution in [3.05, 3.63) is 35.7 Å². The number of tetrazole rings is 1. The molecule has 0 saturated carbocycles. The summed E-state index contributed by atoms with van der Waals surface area (Å²) < 4.78 is 0. The molecule has 0 bridgehead atoms. The zero-order valence-electron chi connectivity index (χ0n) is 10.8. The summed E-state index contributed by atoms with van der Waals surface area (Å²) in [5.41, 5.74) is 1.96. The molecule has 18 heavy (non-hydrogen) atoms. The second-order valence-electron chi connectivity index (χ2n) is 4.40. The van der Waals surface area contributed by atoms with E-state index < -0.39 is 6.10 Å². The molecule has 1 N–H and O–H groups in total. The van der Waals surface area contributed by atoms with E-state index in [1.165, 1.54) is 4.80 Å². The van der Waals surface area contributed by atoms with Crippen LogP contribution in [0.5, 0.6) is 0 Å². The summed E-state index contributed by atoms with van der Waals surface area (Å²) in [6.07, 6.45) is -0.236. The van der Waals surface area contributed by atoms with Gasteiger partial charge in [0, 0.05) is 26.2 Å². The van der Waals surface area contributed by atoms with Crippen LogP contribution in [0.4, 0.5) is 5.69 Å². The van der Waals surface area contributed by atoms with E-state index in [1.54, 1.807) is 7.05 Å². The van der Waals surface area contributed by atoms with Gasteiger partial charge in [0.2, 0.25) is 0 Å². The Labute approximate surface area is 106 Å². The topological polar surface area (TPSA) is 67.1 Å². The highest BCUT2D eigenvalue weighted by Gasteiger charge is 2.12. The van der Waals surface area contributed by atoms with E-state index in [-0.39, 0.29) is 0 Å². The first-order chi connectivity index (χ1) is 8.56. The average molecular weight is 247 g/mol. The van der Waals surface area contributed by atoms with Crippen LogP contribution >= 0.6 is 0 Å². The Morgan fingerprint density at radius 1 is 1.28 bits per heavy atom. The Balaban J connectivity index is 2.06. The van der Waals surface area contributed by atoms with E-state index in [9.17, 15) is 5.11 Å². The maximum atomic E-state index is 10.1. The van der Waals surface area contributed by atoms with Crippen molar-refractivity contribution >= 4 is 5.69 Å². The molecular formula is C12H17N5O. The van der Waals surface area contributed by atoms with Crippen LogP contribution in [0.3, 0.4) is 0 Å². The Morgan fingerprint density at radius 2 is 1.94 bits per heavy atom. The summed E-state index contributed by atoms with van der Waals surface area (Å²) in [5.74, 6) is 0.543. The molecular weight excluding hydrogens is 230 g/mol. The molecule has 0 aliphatic heterocycles. The maximum Gasteiger partial charge on any atom is 0.177 e. The molecule has 6 nitrogen and oxygen atoms in total. The number of hydrogen-bond acceptors (Lipinski definition) is 5. The molecule has 0 amide bonds. The molecule has 0 fully saturated rings. The number of aromatic nitrogens is 4. The minimum Gasteiger partial charge on any atom is -0.388 e. The van der Waals surface area contributed by atoms with E-state index in [4.69, 9.17) is 0 Å². The molecule has 96 valence electrons. The third-order valence-electron chi connectivity index (χ3n) is 2.72. The lowest BCUT2D eigenvalue weighted by atomic mass is 10.1. The highest BCUT2D eigenvalue weighted by molar-refractivity contribution is 5.46. The molecule has 0 aliphatic carbocycles. The SMILES string of the molecule is CN(C)c1ccc(C(O)Cc2nnn(C)n2)cc1. The second kappa shape index (κ2) is 5.14. The molecule has 0 radical (unpaired) electrons. The van der Waals surface area contributed by atoms with Crippen LogP contribution in [0.25, 0.3) is 0 Å². The van der Waals surface area contributed by atoms with Crippen LogP contribution in [0.15, 0.2) is 24.3 Å². The standard InChI is InChI=1S/C12H17N5O/c1-16(2)10-6-4-9(5-7-10)11(18)8-12-13-15-17(3)14-12/h4-7,11,18H,8H2,1-3H3. The molecule has 0 spiro atoms. The maximum absolute atomic E-state index is 10.1. The number of nitrogens with zero attached hydrogens (tertiary/aromatic N) is 5. The van der Waals surface area contributed by atoms with Gasteiger partial charge in [0.15, 0.2) is 5.82 Å². The van der Waals surface area contributed by atoms with Gasteiger partial charge in [-0.15, -0.1) is 10.2 Å². The van der Waals surface area contributed by atoms with Crippen molar-refractivity contribution in [1.29, 1.82) is 0 Å². The first-order valence-corrected chi connectivity index (χ1v) is 5.74. The number of aliphatic hydroxyl groups is 1. The summed E-state index contributed by atoms with van der Waals surface area (Å²) in [6, 6.07) is 7.78. The fourth-order valence-electron chi connectivity index (χ4n) is 1.69. The summed E-state index contributed by atoms with van der Waals surface area (Å²) >= 11 is 0. The van der Waals surface area contributed by atoms with Crippen LogP contribution in [0.1, 0.15) is 17.5 Å². The van der Waals surface area contributed by atoms with Crippen molar-refractivity contribution in [3.8, 4) is 0 Å². The molecule has 1 unspecified atom stereocenters. The Kier molecular flexibility index (Phi) is 3.57. The lowest BCUT2D eigenvalue weighted by Crippen LogP contribution is -2.09. The van der Waals surface area contributed by atoms with Crippen molar-refractivity contribution in [2.75, 3.05) is 19.0 Å². The highest BCUT2D eigenvalue weighted by atomic mass is 16.3. The van der Waals surface area contributed by atoms with Crippen LogP contribution < -0.4 is 4.90 Å². The van der Waals surface area contributed by atoms with Crippen LogP contribution in [-0.4, -0.2) is 39.4 Å². The van der Waals surface area contributed by atoms with E-state index in [1.807, 2.05) is 43.3 Å². The van der Waals surface area contributed by atoms with E-state index >= 15 is 0 Å². The van der Waals surface area contributed by atoms with Crippen molar-refractivity contribution < 1.29 is 5.11 Å². The van der Waals surface area contributed by atoms with Gasteiger partial charge in [-0.05, 0) is 22.9 Å². The van der Waals surface area contributed by atoms with Gasteiger partial charge in [0.1, 0.15) is 0 Å². The van der Waals surface area contributed by atoms with Crippen molar-refractivity contribution in [2.24, 2.45) is 7.05 Å². The van der Waals surface area contributed by atoms with E-state index in [2.05, 4.69) is 15.4 Å². The molecule has 0 saturated heterocycles. The molecule has 0 aliphatic rings. The molecule has 1 aromatic carbocycles. The molecule has 1 atom stereocenters. The minimum atomic E-state index is -0.606. The smallest absolute Gasteiger partial charge is 0.177 e. The highest BCUT2D eigenvalue weighted by Crippen LogP contribution is 2.19. The number of rotatable bonds is 4. The first-order valence-electron chi connectivity index (χ1n) is 5.74. The Hall–Kier alpha value is -1.95. The number of aryl methyl sites for hydroxylation is 1. The van der Waals surface area contributed by atoms with Gasteiger partial charge in [-0.3, -0.25) is 0 Å². The van der Waals surface area contributed by atoms with Crippen LogP contribution in [0, 0.1) is 0 Å². The predicted molar refractivity (Wildman–Crippen MR) is 68.2 cm³/mol. The van der Waals surface area contributed by atoms with E-state index in [0.717, 1.165) is 11.3 Å². The number of benzene rings is 1. The first kappa shape index (κ1) is 12.5. The minimum absolute atomic E-state index is 0.370. The van der Waals surface area contributed by atoms with Gasteiger partial charge in [-0.1, -0.05) is 12.1 Å². The summed E-state index contributed by atoms with van der Waals surface area (Å²) in [5, 5.41) is 21.7. The van der Waals surface area contributed by atoms with Gasteiger partial charge < -0.3 is 10.0 Å². The summed E-state index contributed by atoms with van der Waals surface area (Å²) in [6.45, 7) is 0. The van der Waals surface area contributed by atoms with Crippen molar-refractivity contribution in [2.45, 2.75) is 12.5 Å². The summed E-state index contributed by atoms with van der Waals surface area (Å²) in [4.78, 5) is 3.40. The monoisotopic (exact) mass is 247 g/mol. The third-order valence-corrected chi connectivity index (χ3v) is 2.72. The normalized spacial score (nSPS) is 12.4. The molecule has 1 heterocycles. The van der Waals surface area contributed by atoms with Gasteiger partial charge >= 0.3 is 0 Å². The zero-order valence-corrected chi connectivity index (χ0v) is 10.8. The fourth-order valence-corrected chi connectivity index (χ4v) is 1.69. The molecule has 1 aromatic heterocycles. The van der Waals surface area contributed by atoms with Gasteiger partial charge in [-0.2, -0.15) is 4.80 Å². The van der Waals surface area contributed by atoms with Gasteiger partial charge in [-0.25, -0.2) is 0 Å². The average Bonchev–Trinajstić information content (AvgIpc) is 2.75. The molecule has 2 aromatic rings. The Morgan fingerprint density at radius 3 is 2.44 bits per heavy atom. The van der Waals surface area contributed by atoms with Crippen LogP contribution in [0.2, 0.25) is 0 Å². The lowest BCUT2D eigenvalue weighted by Gasteiger charge is -2.14. The van der Waals surface area contributed by atoms with Crippen molar-refractivity contribution in [1.82, 2.24) is 20.2 Å². The van der Waals surface area contributed by atoms with E-state index in [0.29, 0.717) is 12.2 Å². The number of anilines is 1. The predicted octanol–water partition coefficient (Wildman–Crippen LogP) is 0.552. The fraction of sp³-hybridized carbons (Fsp3) is 0.417. The van der Waals surface area contributed by atoms with Crippen LogP contribution in [-0.2, 0) is 13.5 Å². The summed E-state index contributed by atoms with van der Waals surface area (Å²) in [7, 11) is 5.67. The lowest BCUT2D eigenvalue weighted by molar-refractivity contribution is 0.175. The molecule has 6 heteroatoms. The van der Waals surface area contributed by atoms with Crippen molar-refractivity contribution in [3.63, 3.8) is 0 Å². The number of hydrogen-bond donors (Lipinski definition) is 1. The number of aliphatic hydroxyl groups excluding tert-OH is 1. The zero-order chi connectivity index (χ0) is 13.1. The van der Waals surface area contributed by atoms with Gasteiger partial charge in [0.05, 0.1) is 13.2 Å². The third kappa shape index (κ3) is 2.84. The Bertz CT molecular complexity index is 505.